The van der Waals surface area contributed by atoms with Gasteiger partial charge in [-0.05, 0) is 11.1 Å². The Labute approximate surface area is 141 Å². The van der Waals surface area contributed by atoms with Crippen LogP contribution in [0.4, 0.5) is 0 Å². The molecule has 0 fully saturated rings. The van der Waals surface area contributed by atoms with Crippen molar-refractivity contribution < 1.29 is 0 Å². The summed E-state index contributed by atoms with van der Waals surface area (Å²) >= 11 is 0. The maximum atomic E-state index is 4.41. The van der Waals surface area contributed by atoms with Gasteiger partial charge in [0.15, 0.2) is 5.96 Å². The van der Waals surface area contributed by atoms with Crippen molar-refractivity contribution in [2.45, 2.75) is 13.1 Å². The second-order valence-electron chi connectivity index (χ2n) is 4.89. The fourth-order valence-corrected chi connectivity index (χ4v) is 2.17. The van der Waals surface area contributed by atoms with Crippen molar-refractivity contribution in [1.29, 1.82) is 0 Å². The molecule has 2 heterocycles. The predicted octanol–water partition coefficient (Wildman–Crippen LogP) is 1.34. The van der Waals surface area contributed by atoms with E-state index in [0.29, 0.717) is 0 Å². The summed E-state index contributed by atoms with van der Waals surface area (Å²) in [5.41, 5.74) is 2.46. The summed E-state index contributed by atoms with van der Waals surface area (Å²) in [6, 6.07) is 8.52. The van der Waals surface area contributed by atoms with Gasteiger partial charge in [0.05, 0.1) is 13.1 Å². The zero-order valence-corrected chi connectivity index (χ0v) is 14.3. The monoisotopic (exact) mass is 398 g/mol. The number of likely N-dealkylation sites (N-methyl/N-ethyl adjacent to an activating group) is 1. The fourth-order valence-electron chi connectivity index (χ4n) is 2.17. The molecule has 0 aliphatic carbocycles. The lowest BCUT2D eigenvalue weighted by atomic mass is 10.1. The molecule has 112 valence electrons. The molecule has 2 aromatic rings. The molecule has 3 rings (SSSR count). The zero-order chi connectivity index (χ0) is 13.8. The first kappa shape index (κ1) is 15.7. The highest BCUT2D eigenvalue weighted by molar-refractivity contribution is 14.0. The number of halogens is 1. The minimum atomic E-state index is 0. The molecule has 0 radical (unpaired) electrons. The predicted molar refractivity (Wildman–Crippen MR) is 92.8 cm³/mol. The molecule has 0 amide bonds. The molecule has 0 spiro atoms. The van der Waals surface area contributed by atoms with Gasteiger partial charge < -0.3 is 10.2 Å². The van der Waals surface area contributed by atoms with E-state index < -0.39 is 0 Å². The Morgan fingerprint density at radius 1 is 1.19 bits per heavy atom. The largest absolute Gasteiger partial charge is 0.352 e. The van der Waals surface area contributed by atoms with Gasteiger partial charge in [-0.15, -0.1) is 24.0 Å². The molecular weight excluding hydrogens is 379 g/mol. The molecule has 0 bridgehead atoms. The van der Waals surface area contributed by atoms with Gasteiger partial charge in [0.2, 0.25) is 0 Å². The third-order valence-electron chi connectivity index (χ3n) is 3.34. The first-order chi connectivity index (χ1) is 9.81. The van der Waals surface area contributed by atoms with Gasteiger partial charge in [0.25, 0.3) is 0 Å². The first-order valence-corrected chi connectivity index (χ1v) is 6.71. The van der Waals surface area contributed by atoms with Gasteiger partial charge in [0.1, 0.15) is 12.7 Å². The van der Waals surface area contributed by atoms with E-state index in [0.717, 1.165) is 32.1 Å². The second kappa shape index (κ2) is 7.39. The molecule has 1 aromatic carbocycles. The van der Waals surface area contributed by atoms with Crippen LogP contribution in [0.5, 0.6) is 0 Å². The SMILES string of the molecule is CN1CCN=C1NCc1ccc(Cn2cncn2)cc1.I. The molecule has 0 saturated carbocycles. The number of guanidine groups is 1. The van der Waals surface area contributed by atoms with E-state index in [1.54, 1.807) is 12.7 Å². The van der Waals surface area contributed by atoms with Crippen LogP contribution < -0.4 is 5.32 Å². The van der Waals surface area contributed by atoms with E-state index in [4.69, 9.17) is 0 Å². The quantitative estimate of drug-likeness (QED) is 0.790. The van der Waals surface area contributed by atoms with E-state index in [1.165, 1.54) is 11.1 Å². The van der Waals surface area contributed by atoms with Crippen molar-refractivity contribution in [2.24, 2.45) is 4.99 Å². The van der Waals surface area contributed by atoms with Crippen molar-refractivity contribution in [3.05, 3.63) is 48.0 Å². The summed E-state index contributed by atoms with van der Waals surface area (Å²) < 4.78 is 1.81. The smallest absolute Gasteiger partial charge is 0.194 e. The number of rotatable bonds is 4. The minimum Gasteiger partial charge on any atom is -0.352 e. The van der Waals surface area contributed by atoms with Crippen LogP contribution >= 0.6 is 24.0 Å². The Hall–Kier alpha value is -1.64. The molecule has 1 aliphatic heterocycles. The van der Waals surface area contributed by atoms with Crippen molar-refractivity contribution >= 4 is 29.9 Å². The van der Waals surface area contributed by atoms with Crippen LogP contribution in [0.3, 0.4) is 0 Å². The Morgan fingerprint density at radius 2 is 1.95 bits per heavy atom. The summed E-state index contributed by atoms with van der Waals surface area (Å²) in [5, 5.41) is 7.46. The normalized spacial score (nSPS) is 13.8. The Morgan fingerprint density at radius 3 is 2.57 bits per heavy atom. The van der Waals surface area contributed by atoms with Gasteiger partial charge in [-0.3, -0.25) is 4.99 Å². The van der Waals surface area contributed by atoms with Gasteiger partial charge in [-0.25, -0.2) is 9.67 Å². The molecule has 1 aromatic heterocycles. The van der Waals surface area contributed by atoms with Crippen molar-refractivity contribution in [1.82, 2.24) is 25.0 Å². The molecule has 1 N–H and O–H groups in total. The number of aliphatic imine (C=N–C) groups is 1. The summed E-state index contributed by atoms with van der Waals surface area (Å²) in [6.07, 6.45) is 3.28. The lowest BCUT2D eigenvalue weighted by Crippen LogP contribution is -2.35. The Kier molecular flexibility index (Phi) is 5.54. The van der Waals surface area contributed by atoms with Crippen LogP contribution in [0.15, 0.2) is 41.9 Å². The summed E-state index contributed by atoms with van der Waals surface area (Å²) in [6.45, 7) is 3.44. The van der Waals surface area contributed by atoms with Crippen LogP contribution in [-0.2, 0) is 13.1 Å². The topological polar surface area (TPSA) is 58.3 Å². The van der Waals surface area contributed by atoms with E-state index in [9.17, 15) is 0 Å². The molecule has 0 atom stereocenters. The number of aromatic nitrogens is 3. The van der Waals surface area contributed by atoms with Gasteiger partial charge >= 0.3 is 0 Å². The number of hydrogen-bond acceptors (Lipinski definition) is 5. The van der Waals surface area contributed by atoms with Crippen molar-refractivity contribution in [3.63, 3.8) is 0 Å². The first-order valence-electron chi connectivity index (χ1n) is 6.71. The average Bonchev–Trinajstić information content (AvgIpc) is 3.10. The van der Waals surface area contributed by atoms with Crippen LogP contribution in [0.1, 0.15) is 11.1 Å². The van der Waals surface area contributed by atoms with Gasteiger partial charge in [-0.1, -0.05) is 24.3 Å². The van der Waals surface area contributed by atoms with Gasteiger partial charge in [-0.2, -0.15) is 5.10 Å². The lowest BCUT2D eigenvalue weighted by molar-refractivity contribution is 0.534. The Bertz CT molecular complexity index is 578. The van der Waals surface area contributed by atoms with E-state index in [1.807, 2.05) is 4.68 Å². The minimum absolute atomic E-state index is 0. The number of benzene rings is 1. The third-order valence-corrected chi connectivity index (χ3v) is 3.34. The van der Waals surface area contributed by atoms with Crippen LogP contribution in [0.2, 0.25) is 0 Å². The zero-order valence-electron chi connectivity index (χ0n) is 11.9. The molecule has 7 heteroatoms. The molecule has 0 unspecified atom stereocenters. The molecule has 21 heavy (non-hydrogen) atoms. The van der Waals surface area contributed by atoms with Gasteiger partial charge in [0, 0.05) is 20.1 Å². The molecular formula is C14H19IN6. The Balaban J connectivity index is 0.00000161. The molecule has 0 saturated heterocycles. The fraction of sp³-hybridized carbons (Fsp3) is 0.357. The summed E-state index contributed by atoms with van der Waals surface area (Å²) in [7, 11) is 2.06. The molecule has 1 aliphatic rings. The third kappa shape index (κ3) is 4.16. The summed E-state index contributed by atoms with van der Waals surface area (Å²) in [5.74, 6) is 0.983. The number of hydrogen-bond donors (Lipinski definition) is 1. The van der Waals surface area contributed by atoms with Crippen molar-refractivity contribution in [3.8, 4) is 0 Å². The second-order valence-corrected chi connectivity index (χ2v) is 4.89. The van der Waals surface area contributed by atoms with Crippen LogP contribution in [-0.4, -0.2) is 45.8 Å². The molecule has 6 nitrogen and oxygen atoms in total. The maximum absolute atomic E-state index is 4.41. The highest BCUT2D eigenvalue weighted by Crippen LogP contribution is 2.06. The average molecular weight is 398 g/mol. The highest BCUT2D eigenvalue weighted by atomic mass is 127. The lowest BCUT2D eigenvalue weighted by Gasteiger charge is -2.15. The van der Waals surface area contributed by atoms with Crippen LogP contribution in [0.25, 0.3) is 0 Å². The van der Waals surface area contributed by atoms with Crippen LogP contribution in [0, 0.1) is 0 Å². The van der Waals surface area contributed by atoms with Crippen molar-refractivity contribution in [2.75, 3.05) is 20.1 Å². The number of nitrogens with zero attached hydrogens (tertiary/aromatic N) is 5. The number of nitrogens with one attached hydrogen (secondary N) is 1. The van der Waals surface area contributed by atoms with E-state index in [-0.39, 0.29) is 24.0 Å². The van der Waals surface area contributed by atoms with E-state index in [2.05, 4.69) is 56.6 Å². The summed E-state index contributed by atoms with van der Waals surface area (Å²) in [4.78, 5) is 10.5. The standard InChI is InChI=1S/C14H18N6.HI/c1-19-7-6-16-14(19)17-8-12-2-4-13(5-3-12)9-20-11-15-10-18-20;/h2-5,10-11H,6-9H2,1H3,(H,16,17);1H. The maximum Gasteiger partial charge on any atom is 0.194 e. The van der Waals surface area contributed by atoms with E-state index >= 15 is 0 Å². The highest BCUT2D eigenvalue weighted by Gasteiger charge is 2.11.